The van der Waals surface area contributed by atoms with Crippen molar-refractivity contribution >= 4 is 17.6 Å². The lowest BCUT2D eigenvalue weighted by Gasteiger charge is -2.16. The van der Waals surface area contributed by atoms with E-state index in [0.717, 1.165) is 21.1 Å². The van der Waals surface area contributed by atoms with Crippen LogP contribution in [0.1, 0.15) is 22.8 Å². The summed E-state index contributed by atoms with van der Waals surface area (Å²) < 4.78 is 52.7. The number of nitro groups is 1. The number of alkyl halides is 3. The molecular formula is C13H12F3NO7. The number of nitro benzene ring substituents is 1. The van der Waals surface area contributed by atoms with Crippen molar-refractivity contribution in [1.29, 1.82) is 0 Å². The molecule has 0 fully saturated rings. The molecule has 8 nitrogen and oxygen atoms in total. The number of rotatable bonds is 5. The number of hydrogen-bond acceptors (Lipinski definition) is 7. The molecule has 11 heteroatoms. The van der Waals surface area contributed by atoms with Gasteiger partial charge in [-0.25, -0.2) is 9.59 Å². The van der Waals surface area contributed by atoms with Gasteiger partial charge < -0.3 is 14.2 Å². The second-order valence-corrected chi connectivity index (χ2v) is 4.40. The van der Waals surface area contributed by atoms with Crippen LogP contribution in [0, 0.1) is 10.1 Å². The molecule has 0 bridgehead atoms. The number of hydrogen-bond donors (Lipinski definition) is 0. The Hall–Kier alpha value is -2.85. The van der Waals surface area contributed by atoms with Crippen LogP contribution in [0.4, 0.5) is 18.9 Å². The molecular weight excluding hydrogens is 339 g/mol. The highest BCUT2D eigenvalue weighted by molar-refractivity contribution is 5.92. The molecule has 0 radical (unpaired) electrons. The number of carbonyl (C=O) groups excluding carboxylic acids is 2. The van der Waals surface area contributed by atoms with Gasteiger partial charge in [-0.1, -0.05) is 0 Å². The summed E-state index contributed by atoms with van der Waals surface area (Å²) in [7, 11) is 1.84. The van der Waals surface area contributed by atoms with Gasteiger partial charge in [-0.05, 0) is 6.92 Å². The largest absolute Gasteiger partial charge is 0.472 e. The molecule has 0 amide bonds. The Morgan fingerprint density at radius 2 is 1.79 bits per heavy atom. The molecule has 132 valence electrons. The lowest BCUT2D eigenvalue weighted by Crippen LogP contribution is -2.25. The minimum absolute atomic E-state index is 0.268. The number of halogens is 3. The molecule has 0 heterocycles. The van der Waals surface area contributed by atoms with E-state index in [1.165, 1.54) is 0 Å². The molecule has 0 aliphatic heterocycles. The maximum absolute atomic E-state index is 13.1. The minimum atomic E-state index is -5.01. The predicted octanol–water partition coefficient (Wildman–Crippen LogP) is 2.34. The highest BCUT2D eigenvalue weighted by Crippen LogP contribution is 2.39. The molecule has 1 aromatic rings. The number of methoxy groups -OCH3 is 2. The van der Waals surface area contributed by atoms with E-state index >= 15 is 0 Å². The van der Waals surface area contributed by atoms with Gasteiger partial charge >= 0.3 is 23.8 Å². The van der Waals surface area contributed by atoms with Gasteiger partial charge in [0.15, 0.2) is 11.9 Å². The Kier molecular flexibility index (Phi) is 5.72. The van der Waals surface area contributed by atoms with Crippen LogP contribution in [0.15, 0.2) is 12.1 Å². The molecule has 0 spiro atoms. The quantitative estimate of drug-likeness (QED) is 0.455. The minimum Gasteiger partial charge on any atom is -0.472 e. The van der Waals surface area contributed by atoms with E-state index in [0.29, 0.717) is 6.07 Å². The normalized spacial score (nSPS) is 12.2. The smallest absolute Gasteiger partial charge is 0.417 e. The van der Waals surface area contributed by atoms with E-state index < -0.39 is 51.7 Å². The highest BCUT2D eigenvalue weighted by Gasteiger charge is 2.39. The van der Waals surface area contributed by atoms with Crippen molar-refractivity contribution in [2.45, 2.75) is 19.2 Å². The summed E-state index contributed by atoms with van der Waals surface area (Å²) in [6, 6.07) is 0.651. The van der Waals surface area contributed by atoms with Crippen molar-refractivity contribution in [2.24, 2.45) is 0 Å². The van der Waals surface area contributed by atoms with Crippen LogP contribution in [-0.4, -0.2) is 37.2 Å². The molecule has 1 atom stereocenters. The summed E-state index contributed by atoms with van der Waals surface area (Å²) in [5.74, 6) is -3.19. The first-order valence-electron chi connectivity index (χ1n) is 6.25. The van der Waals surface area contributed by atoms with Gasteiger partial charge in [0.25, 0.3) is 0 Å². The van der Waals surface area contributed by atoms with E-state index in [-0.39, 0.29) is 6.07 Å². The van der Waals surface area contributed by atoms with Crippen molar-refractivity contribution in [3.8, 4) is 5.75 Å². The number of esters is 2. The van der Waals surface area contributed by atoms with Crippen LogP contribution in [0.25, 0.3) is 0 Å². The maximum Gasteiger partial charge on any atom is 0.417 e. The summed E-state index contributed by atoms with van der Waals surface area (Å²) in [5, 5.41) is 11.0. The topological polar surface area (TPSA) is 105 Å². The second kappa shape index (κ2) is 7.15. The molecule has 0 aliphatic rings. The first kappa shape index (κ1) is 19.2. The lowest BCUT2D eigenvalue weighted by molar-refractivity contribution is -0.386. The van der Waals surface area contributed by atoms with Crippen LogP contribution in [-0.2, 0) is 20.4 Å². The lowest BCUT2D eigenvalue weighted by atomic mass is 10.0. The number of benzene rings is 1. The average Bonchev–Trinajstić information content (AvgIpc) is 2.51. The molecule has 0 aliphatic carbocycles. The second-order valence-electron chi connectivity index (χ2n) is 4.40. The Bertz CT molecular complexity index is 672. The highest BCUT2D eigenvalue weighted by atomic mass is 19.4. The zero-order valence-electron chi connectivity index (χ0n) is 12.7. The van der Waals surface area contributed by atoms with Gasteiger partial charge in [0.2, 0.25) is 0 Å². The van der Waals surface area contributed by atoms with Crippen LogP contribution < -0.4 is 4.74 Å². The molecule has 0 N–H and O–H groups in total. The SMILES string of the molecule is COC(=O)c1cc([N+](=O)[O-])c(O[C@@H](C)C(=O)OC)cc1C(F)(F)F. The molecule has 0 unspecified atom stereocenters. The van der Waals surface area contributed by atoms with Crippen molar-refractivity contribution in [2.75, 3.05) is 14.2 Å². The van der Waals surface area contributed by atoms with Crippen molar-refractivity contribution in [1.82, 2.24) is 0 Å². The molecule has 1 aromatic carbocycles. The summed E-state index contributed by atoms with van der Waals surface area (Å²) >= 11 is 0. The van der Waals surface area contributed by atoms with Crippen molar-refractivity contribution < 1.29 is 41.9 Å². The summed E-state index contributed by atoms with van der Waals surface area (Å²) in [4.78, 5) is 32.8. The Morgan fingerprint density at radius 3 is 2.21 bits per heavy atom. The Labute approximate surface area is 133 Å². The predicted molar refractivity (Wildman–Crippen MR) is 71.5 cm³/mol. The Balaban J connectivity index is 3.55. The third kappa shape index (κ3) is 4.12. The average molecular weight is 351 g/mol. The zero-order chi connectivity index (χ0) is 18.7. The monoisotopic (exact) mass is 351 g/mol. The fraction of sp³-hybridized carbons (Fsp3) is 0.385. The van der Waals surface area contributed by atoms with Crippen molar-refractivity contribution in [3.05, 3.63) is 33.4 Å². The summed E-state index contributed by atoms with van der Waals surface area (Å²) in [5.41, 5.74) is -3.47. The van der Waals surface area contributed by atoms with Crippen molar-refractivity contribution in [3.63, 3.8) is 0 Å². The van der Waals surface area contributed by atoms with E-state index in [1.54, 1.807) is 0 Å². The Morgan fingerprint density at radius 1 is 1.21 bits per heavy atom. The van der Waals surface area contributed by atoms with Gasteiger partial charge in [-0.15, -0.1) is 0 Å². The molecule has 24 heavy (non-hydrogen) atoms. The number of carbonyl (C=O) groups is 2. The standard InChI is InChI=1S/C13H12F3NO7/c1-6(11(18)22-2)24-10-5-8(13(14,15)16)7(12(19)23-3)4-9(10)17(20)21/h4-6H,1-3H3/t6-/m0/s1. The van der Waals surface area contributed by atoms with Gasteiger partial charge in [0.05, 0.1) is 30.3 Å². The van der Waals surface area contributed by atoms with Crippen LogP contribution >= 0.6 is 0 Å². The van der Waals surface area contributed by atoms with E-state index in [9.17, 15) is 32.9 Å². The zero-order valence-corrected chi connectivity index (χ0v) is 12.7. The summed E-state index contributed by atoms with van der Waals surface area (Å²) in [6.45, 7) is 1.14. The van der Waals surface area contributed by atoms with Crippen LogP contribution in [0.5, 0.6) is 5.75 Å². The van der Waals surface area contributed by atoms with Gasteiger partial charge in [-0.3, -0.25) is 10.1 Å². The van der Waals surface area contributed by atoms with E-state index in [4.69, 9.17) is 4.74 Å². The molecule has 0 aromatic heterocycles. The van der Waals surface area contributed by atoms with E-state index in [1.807, 2.05) is 0 Å². The fourth-order valence-corrected chi connectivity index (χ4v) is 1.72. The van der Waals surface area contributed by atoms with E-state index in [2.05, 4.69) is 9.47 Å². The number of nitrogens with zero attached hydrogens (tertiary/aromatic N) is 1. The fourth-order valence-electron chi connectivity index (χ4n) is 1.72. The number of ether oxygens (including phenoxy) is 3. The van der Waals surface area contributed by atoms with Crippen LogP contribution in [0.2, 0.25) is 0 Å². The van der Waals surface area contributed by atoms with Crippen LogP contribution in [0.3, 0.4) is 0 Å². The maximum atomic E-state index is 13.1. The van der Waals surface area contributed by atoms with Gasteiger partial charge in [0.1, 0.15) is 0 Å². The summed E-state index contributed by atoms with van der Waals surface area (Å²) in [6.07, 6.45) is -6.41. The third-order valence-corrected chi connectivity index (χ3v) is 2.84. The molecule has 1 rings (SSSR count). The molecule has 0 saturated carbocycles. The van der Waals surface area contributed by atoms with Gasteiger partial charge in [0, 0.05) is 12.1 Å². The first-order chi connectivity index (χ1) is 11.0. The van der Waals surface area contributed by atoms with Gasteiger partial charge in [-0.2, -0.15) is 13.2 Å². The third-order valence-electron chi connectivity index (χ3n) is 2.84. The first-order valence-corrected chi connectivity index (χ1v) is 6.25. The molecule has 0 saturated heterocycles.